The van der Waals surface area contributed by atoms with Gasteiger partial charge in [-0.15, -0.1) is 0 Å². The van der Waals surface area contributed by atoms with E-state index in [0.29, 0.717) is 29.1 Å². The van der Waals surface area contributed by atoms with E-state index in [1.54, 1.807) is 18.5 Å². The van der Waals surface area contributed by atoms with Crippen LogP contribution in [0.2, 0.25) is 0 Å². The van der Waals surface area contributed by atoms with E-state index in [1.807, 2.05) is 16.7 Å². The third-order valence-electron chi connectivity index (χ3n) is 2.87. The Hall–Kier alpha value is -2.94. The number of imidazole rings is 1. The highest BCUT2D eigenvalue weighted by Gasteiger charge is 2.07. The highest BCUT2D eigenvalue weighted by Crippen LogP contribution is 2.15. The van der Waals surface area contributed by atoms with E-state index in [9.17, 15) is 0 Å². The number of hydrogen-bond acceptors (Lipinski definition) is 5. The van der Waals surface area contributed by atoms with E-state index in [-0.39, 0.29) is 0 Å². The van der Waals surface area contributed by atoms with E-state index < -0.39 is 0 Å². The number of nitrogens with zero attached hydrogens (tertiary/aromatic N) is 5. The Kier molecular flexibility index (Phi) is 2.58. The summed E-state index contributed by atoms with van der Waals surface area (Å²) in [7, 11) is 0. The molecule has 0 aliphatic heterocycles. The first kappa shape index (κ1) is 11.2. The number of aromatic nitrogens is 4. The fraction of sp³-hybridized carbons (Fsp3) is 0.0769. The molecule has 19 heavy (non-hydrogen) atoms. The molecule has 0 aliphatic rings. The van der Waals surface area contributed by atoms with Crippen molar-refractivity contribution in [3.8, 4) is 6.07 Å². The summed E-state index contributed by atoms with van der Waals surface area (Å²) < 4.78 is 1.90. The third-order valence-corrected chi connectivity index (χ3v) is 2.87. The lowest BCUT2D eigenvalue weighted by Gasteiger charge is -2.04. The minimum atomic E-state index is 0.378. The Bertz CT molecular complexity index is 766. The van der Waals surface area contributed by atoms with Crippen molar-refractivity contribution in [2.24, 2.45) is 0 Å². The van der Waals surface area contributed by atoms with Crippen LogP contribution in [-0.2, 0) is 6.54 Å². The van der Waals surface area contributed by atoms with Crippen LogP contribution in [0.25, 0.3) is 11.2 Å². The Morgan fingerprint density at radius 3 is 2.68 bits per heavy atom. The van der Waals surface area contributed by atoms with Crippen molar-refractivity contribution in [2.45, 2.75) is 6.54 Å². The van der Waals surface area contributed by atoms with Crippen LogP contribution in [0.5, 0.6) is 0 Å². The molecule has 1 aromatic carbocycles. The molecule has 3 aromatic rings. The first-order valence-corrected chi connectivity index (χ1v) is 5.68. The lowest BCUT2D eigenvalue weighted by atomic mass is 10.1. The highest BCUT2D eigenvalue weighted by atomic mass is 15.1. The largest absolute Gasteiger partial charge is 0.382 e. The Labute approximate surface area is 109 Å². The molecule has 0 saturated heterocycles. The van der Waals surface area contributed by atoms with Gasteiger partial charge in [0, 0.05) is 0 Å². The lowest BCUT2D eigenvalue weighted by Crippen LogP contribution is -2.00. The summed E-state index contributed by atoms with van der Waals surface area (Å²) in [6, 6.07) is 9.50. The van der Waals surface area contributed by atoms with Crippen LogP contribution in [0.15, 0.2) is 36.9 Å². The number of fused-ring (bicyclic) bond motifs is 1. The van der Waals surface area contributed by atoms with Crippen molar-refractivity contribution in [3.05, 3.63) is 48.0 Å². The van der Waals surface area contributed by atoms with Crippen LogP contribution in [-0.4, -0.2) is 19.5 Å². The van der Waals surface area contributed by atoms with E-state index in [1.165, 1.54) is 6.33 Å². The number of benzene rings is 1. The van der Waals surface area contributed by atoms with Gasteiger partial charge in [-0.2, -0.15) is 5.26 Å². The van der Waals surface area contributed by atoms with Crippen LogP contribution in [0, 0.1) is 11.3 Å². The van der Waals surface area contributed by atoms with Gasteiger partial charge in [-0.3, -0.25) is 0 Å². The summed E-state index contributed by atoms with van der Waals surface area (Å²) in [4.78, 5) is 12.3. The highest BCUT2D eigenvalue weighted by molar-refractivity contribution is 5.81. The zero-order chi connectivity index (χ0) is 13.2. The van der Waals surface area contributed by atoms with Gasteiger partial charge in [0.25, 0.3) is 0 Å². The van der Waals surface area contributed by atoms with Crippen LogP contribution in [0.4, 0.5) is 5.82 Å². The molecule has 2 N–H and O–H groups in total. The molecule has 0 bridgehead atoms. The third kappa shape index (κ3) is 1.98. The minimum Gasteiger partial charge on any atom is -0.382 e. The Balaban J connectivity index is 1.97. The zero-order valence-electron chi connectivity index (χ0n) is 9.98. The van der Waals surface area contributed by atoms with E-state index >= 15 is 0 Å². The number of nitrogens with two attached hydrogens (primary N) is 1. The number of anilines is 1. The first-order chi connectivity index (χ1) is 9.28. The standard InChI is InChI=1S/C13H10N6/c14-5-9-1-3-10(4-2-9)6-19-8-18-11-12(15)16-7-17-13(11)19/h1-4,7-8H,6H2,(H2,15,16,17). The predicted octanol–water partition coefficient (Wildman–Crippen LogP) is 1.33. The van der Waals surface area contributed by atoms with Crippen LogP contribution >= 0.6 is 0 Å². The number of rotatable bonds is 2. The minimum absolute atomic E-state index is 0.378. The van der Waals surface area contributed by atoms with Crippen LogP contribution < -0.4 is 5.73 Å². The average molecular weight is 250 g/mol. The van der Waals surface area contributed by atoms with Gasteiger partial charge in [0.1, 0.15) is 11.8 Å². The summed E-state index contributed by atoms with van der Waals surface area (Å²) in [5.41, 5.74) is 8.76. The average Bonchev–Trinajstić information content (AvgIpc) is 2.84. The molecule has 2 heterocycles. The maximum atomic E-state index is 8.76. The van der Waals surface area contributed by atoms with Crippen molar-refractivity contribution in [3.63, 3.8) is 0 Å². The summed E-state index contributed by atoms with van der Waals surface area (Å²) in [6.07, 6.45) is 3.11. The molecule has 0 aliphatic carbocycles. The summed E-state index contributed by atoms with van der Waals surface area (Å²) in [5, 5.41) is 8.76. The van der Waals surface area contributed by atoms with Gasteiger partial charge >= 0.3 is 0 Å². The molecule has 0 amide bonds. The first-order valence-electron chi connectivity index (χ1n) is 5.68. The second kappa shape index (κ2) is 4.38. The molecule has 2 aromatic heterocycles. The topological polar surface area (TPSA) is 93.4 Å². The van der Waals surface area contributed by atoms with Gasteiger partial charge in [-0.25, -0.2) is 15.0 Å². The molecule has 92 valence electrons. The summed E-state index contributed by atoms with van der Waals surface area (Å²) in [6.45, 7) is 0.624. The Morgan fingerprint density at radius 2 is 1.95 bits per heavy atom. The second-order valence-corrected chi connectivity index (χ2v) is 4.11. The number of nitriles is 1. The van der Waals surface area contributed by atoms with Gasteiger partial charge in [-0.05, 0) is 17.7 Å². The van der Waals surface area contributed by atoms with Crippen LogP contribution in [0.3, 0.4) is 0 Å². The summed E-state index contributed by atoms with van der Waals surface area (Å²) in [5.74, 6) is 0.378. The molecule has 6 heteroatoms. The van der Waals surface area contributed by atoms with Gasteiger partial charge < -0.3 is 10.3 Å². The summed E-state index contributed by atoms with van der Waals surface area (Å²) >= 11 is 0. The zero-order valence-corrected chi connectivity index (χ0v) is 9.98. The monoisotopic (exact) mass is 250 g/mol. The van der Waals surface area contributed by atoms with E-state index in [4.69, 9.17) is 11.0 Å². The molecule has 0 radical (unpaired) electrons. The lowest BCUT2D eigenvalue weighted by molar-refractivity contribution is 0.813. The van der Waals surface area contributed by atoms with Crippen molar-refractivity contribution in [1.29, 1.82) is 5.26 Å². The molecule has 3 rings (SSSR count). The van der Waals surface area contributed by atoms with Gasteiger partial charge in [0.2, 0.25) is 0 Å². The molecular formula is C13H10N6. The molecule has 0 fully saturated rings. The predicted molar refractivity (Wildman–Crippen MR) is 70.0 cm³/mol. The van der Waals surface area contributed by atoms with Crippen molar-refractivity contribution < 1.29 is 0 Å². The fourth-order valence-corrected chi connectivity index (χ4v) is 1.90. The smallest absolute Gasteiger partial charge is 0.165 e. The number of nitrogen functional groups attached to an aromatic ring is 1. The SMILES string of the molecule is N#Cc1ccc(Cn2cnc3c(N)ncnc32)cc1. The fourth-order valence-electron chi connectivity index (χ4n) is 1.90. The molecule has 0 unspecified atom stereocenters. The molecule has 0 atom stereocenters. The van der Waals surface area contributed by atoms with E-state index in [2.05, 4.69) is 21.0 Å². The van der Waals surface area contributed by atoms with Crippen molar-refractivity contribution in [1.82, 2.24) is 19.5 Å². The Morgan fingerprint density at radius 1 is 1.16 bits per heavy atom. The van der Waals surface area contributed by atoms with Crippen molar-refractivity contribution >= 4 is 17.0 Å². The molecule has 0 saturated carbocycles. The maximum Gasteiger partial charge on any atom is 0.165 e. The molecule has 0 spiro atoms. The molecular weight excluding hydrogens is 240 g/mol. The van der Waals surface area contributed by atoms with Crippen LogP contribution in [0.1, 0.15) is 11.1 Å². The number of hydrogen-bond donors (Lipinski definition) is 1. The second-order valence-electron chi connectivity index (χ2n) is 4.11. The maximum absolute atomic E-state index is 8.76. The van der Waals surface area contributed by atoms with E-state index in [0.717, 1.165) is 5.56 Å². The van der Waals surface area contributed by atoms with Crippen molar-refractivity contribution in [2.75, 3.05) is 5.73 Å². The molecule has 6 nitrogen and oxygen atoms in total. The van der Waals surface area contributed by atoms with Gasteiger partial charge in [-0.1, -0.05) is 12.1 Å². The quantitative estimate of drug-likeness (QED) is 0.740. The van der Waals surface area contributed by atoms with Gasteiger partial charge in [0.15, 0.2) is 11.5 Å². The normalized spacial score (nSPS) is 10.5. The van der Waals surface area contributed by atoms with Gasteiger partial charge in [0.05, 0.1) is 24.5 Å².